The highest BCUT2D eigenvalue weighted by Crippen LogP contribution is 2.33. The summed E-state index contributed by atoms with van der Waals surface area (Å²) in [5.41, 5.74) is 6.28. The molecule has 73 heavy (non-hydrogen) atoms. The Morgan fingerprint density at radius 2 is 1.51 bits per heavy atom. The van der Waals surface area contributed by atoms with E-state index in [4.69, 9.17) is 19.9 Å². The number of carbonyl (C=O) groups excluding carboxylic acids is 7. The Morgan fingerprint density at radius 3 is 2.07 bits per heavy atom. The van der Waals surface area contributed by atoms with Crippen molar-refractivity contribution in [2.75, 3.05) is 73.2 Å². The Hall–Kier alpha value is -4.32. The number of aromatic hydroxyl groups is 1. The van der Waals surface area contributed by atoms with Gasteiger partial charge in [0.05, 0.1) is 32.5 Å². The summed E-state index contributed by atoms with van der Waals surface area (Å²) in [5, 5.41) is 23.1. The van der Waals surface area contributed by atoms with Crippen molar-refractivity contribution in [1.29, 1.82) is 0 Å². The Kier molecular flexibility index (Phi) is 28.4. The molecule has 1 aromatic heterocycles. The lowest BCUT2D eigenvalue weighted by atomic mass is 9.83. The van der Waals surface area contributed by atoms with Crippen LogP contribution in [0.4, 0.5) is 0 Å². The largest absolute Gasteiger partial charge is 0.508 e. The first-order valence-electron chi connectivity index (χ1n) is 25.1. The molecule has 2 heterocycles. The Morgan fingerprint density at radius 1 is 0.904 bits per heavy atom. The van der Waals surface area contributed by atoms with Crippen molar-refractivity contribution in [3.63, 3.8) is 0 Å². The maximum Gasteiger partial charge on any atom is 0.303 e. The number of esters is 1. The molecule has 1 aliphatic rings. The van der Waals surface area contributed by atoms with Gasteiger partial charge in [-0.2, -0.15) is 0 Å². The number of ether oxygens (including phenoxy) is 3. The van der Waals surface area contributed by atoms with Gasteiger partial charge in [-0.1, -0.05) is 59.6 Å². The standard InChI is InChI=1S/C51H78Br2N8O11S/c1-9-32(4)38(28-42(64)40-12-10-11-21-60(40)7)51(69)61(8)41(31(2)3)29-43(72-34(6)62)50-59-39(30-73-50)47(66)58-36(27-35-13-15-37(63)16-14-35)26-33(5)46(65)55-18-24-71-25-20-57-49(68)45(53)44(52)48(67)56-19-23-70-22-17-54/h13-16,30-33,36,38,40-41,43,63H,9-12,17-29,54H2,1-8H3,(H,55,65)(H,56,67)(H,57,68)(H,58,66)/b45-44-/t32-,33?,36+,38-,40+,41+,43+/m0/s1. The molecule has 408 valence electrons. The topological polar surface area (TPSA) is 261 Å². The second-order valence-corrected chi connectivity index (χ2v) is 21.4. The second kappa shape index (κ2) is 32.9. The number of nitrogens with one attached hydrogen (secondary N) is 4. The molecule has 7 atom stereocenters. The highest BCUT2D eigenvalue weighted by Gasteiger charge is 2.38. The van der Waals surface area contributed by atoms with E-state index in [0.29, 0.717) is 24.6 Å². The number of likely N-dealkylation sites (N-methyl/N-ethyl adjacent to an activating group) is 1. The minimum atomic E-state index is -0.879. The van der Waals surface area contributed by atoms with E-state index in [-0.39, 0.29) is 115 Å². The Labute approximate surface area is 451 Å². The predicted octanol–water partition coefficient (Wildman–Crippen LogP) is 5.14. The molecule has 7 N–H and O–H groups in total. The van der Waals surface area contributed by atoms with Crippen LogP contribution in [-0.4, -0.2) is 153 Å². The fourth-order valence-corrected chi connectivity index (χ4v) is 10.0. The zero-order valence-corrected chi connectivity index (χ0v) is 47.6. The zero-order valence-electron chi connectivity index (χ0n) is 43.6. The number of nitrogens with zero attached hydrogens (tertiary/aromatic N) is 3. The molecule has 1 aliphatic heterocycles. The molecule has 0 aliphatic carbocycles. The van der Waals surface area contributed by atoms with Gasteiger partial charge in [0.1, 0.15) is 25.4 Å². The van der Waals surface area contributed by atoms with Gasteiger partial charge in [-0.15, -0.1) is 11.3 Å². The fourth-order valence-electron chi connectivity index (χ4n) is 8.55. The van der Waals surface area contributed by atoms with Crippen LogP contribution in [0.5, 0.6) is 5.75 Å². The first kappa shape index (κ1) is 63.0. The van der Waals surface area contributed by atoms with Crippen LogP contribution in [0.3, 0.4) is 0 Å². The average Bonchev–Trinajstić information content (AvgIpc) is 3.86. The summed E-state index contributed by atoms with van der Waals surface area (Å²) in [6.07, 6.45) is 3.61. The van der Waals surface area contributed by atoms with Crippen molar-refractivity contribution in [3.8, 4) is 5.75 Å². The lowest BCUT2D eigenvalue weighted by Gasteiger charge is -2.37. The van der Waals surface area contributed by atoms with Gasteiger partial charge in [0.15, 0.2) is 11.9 Å². The molecule has 2 aromatic rings. The van der Waals surface area contributed by atoms with E-state index >= 15 is 0 Å². The smallest absolute Gasteiger partial charge is 0.303 e. The zero-order chi connectivity index (χ0) is 54.2. The van der Waals surface area contributed by atoms with E-state index in [1.54, 1.807) is 48.5 Å². The second-order valence-electron chi connectivity index (χ2n) is 18.9. The summed E-state index contributed by atoms with van der Waals surface area (Å²) >= 11 is 7.43. The van der Waals surface area contributed by atoms with Crippen molar-refractivity contribution in [2.24, 2.45) is 29.4 Å². The predicted molar refractivity (Wildman–Crippen MR) is 287 cm³/mol. The van der Waals surface area contributed by atoms with Crippen LogP contribution in [0.15, 0.2) is 38.6 Å². The summed E-state index contributed by atoms with van der Waals surface area (Å²) in [5.74, 6) is -3.49. The van der Waals surface area contributed by atoms with Crippen molar-refractivity contribution in [3.05, 3.63) is 54.9 Å². The number of aromatic nitrogens is 1. The molecule has 22 heteroatoms. The van der Waals surface area contributed by atoms with Gasteiger partial charge in [-0.3, -0.25) is 38.5 Å². The maximum atomic E-state index is 14.4. The molecular weight excluding hydrogens is 1090 g/mol. The van der Waals surface area contributed by atoms with Gasteiger partial charge in [0.25, 0.3) is 17.7 Å². The first-order chi connectivity index (χ1) is 34.7. The minimum absolute atomic E-state index is 0.00245. The lowest BCUT2D eigenvalue weighted by molar-refractivity contribution is -0.149. The summed E-state index contributed by atoms with van der Waals surface area (Å²) < 4.78 is 16.7. The number of piperidine rings is 1. The van der Waals surface area contributed by atoms with Gasteiger partial charge in [-0.05, 0) is 101 Å². The SMILES string of the molecule is CC[C@H](C)[C@H](CC(=O)[C@H]1CCCCN1C)C(=O)N(C)[C@H](C[C@@H](OC(C)=O)c1nc(C(=O)N[C@@H](Cc2ccc(O)cc2)CC(C)C(=O)NCCOCCNC(=O)/C(Br)=C(/Br)C(=O)NCCOCCN)cs1)C(C)C. The molecule has 5 amide bonds. The Balaban J connectivity index is 1.64. The van der Waals surface area contributed by atoms with Crippen molar-refractivity contribution >= 4 is 84.5 Å². The van der Waals surface area contributed by atoms with Crippen molar-refractivity contribution in [2.45, 2.75) is 117 Å². The molecule has 1 aromatic carbocycles. The van der Waals surface area contributed by atoms with Crippen LogP contribution in [0.1, 0.15) is 114 Å². The number of phenols is 1. The third-order valence-corrected chi connectivity index (χ3v) is 15.9. The van der Waals surface area contributed by atoms with Gasteiger partial charge in [0, 0.05) is 82.3 Å². The van der Waals surface area contributed by atoms with Crippen LogP contribution in [-0.2, 0) is 49.4 Å². The number of rotatable bonds is 32. The summed E-state index contributed by atoms with van der Waals surface area (Å²) in [7, 11) is 3.71. The highest BCUT2D eigenvalue weighted by molar-refractivity contribution is 9.14. The van der Waals surface area contributed by atoms with Gasteiger partial charge >= 0.3 is 5.97 Å². The van der Waals surface area contributed by atoms with Crippen molar-refractivity contribution in [1.82, 2.24) is 36.1 Å². The number of thiazole rings is 1. The molecule has 3 rings (SSSR count). The number of phenolic OH excluding ortho intramolecular Hbond substituents is 1. The number of likely N-dealkylation sites (tertiary alicyclic amines) is 1. The quantitative estimate of drug-likeness (QED) is 0.0315. The number of hydrogen-bond acceptors (Lipinski definition) is 15. The minimum Gasteiger partial charge on any atom is -0.508 e. The summed E-state index contributed by atoms with van der Waals surface area (Å²) in [6, 6.07) is 5.42. The van der Waals surface area contributed by atoms with Crippen LogP contribution in [0.2, 0.25) is 0 Å². The molecule has 0 radical (unpaired) electrons. The van der Waals surface area contributed by atoms with E-state index in [9.17, 15) is 38.7 Å². The number of benzene rings is 1. The molecule has 0 bridgehead atoms. The summed E-state index contributed by atoms with van der Waals surface area (Å²) in [6.45, 7) is 13.8. The van der Waals surface area contributed by atoms with E-state index in [0.717, 1.165) is 49.1 Å². The van der Waals surface area contributed by atoms with Crippen LogP contribution in [0.25, 0.3) is 0 Å². The van der Waals surface area contributed by atoms with Crippen LogP contribution >= 0.6 is 43.2 Å². The van der Waals surface area contributed by atoms with E-state index < -0.39 is 53.7 Å². The van der Waals surface area contributed by atoms with Crippen LogP contribution in [0, 0.1) is 23.7 Å². The molecule has 0 saturated carbocycles. The Bertz CT molecular complexity index is 2140. The number of hydrogen-bond donors (Lipinski definition) is 6. The lowest BCUT2D eigenvalue weighted by Crippen LogP contribution is -2.48. The van der Waals surface area contributed by atoms with Gasteiger partial charge in [-0.25, -0.2) is 4.98 Å². The normalized spacial score (nSPS) is 16.7. The summed E-state index contributed by atoms with van der Waals surface area (Å²) in [4.78, 5) is 101. The molecule has 19 nitrogen and oxygen atoms in total. The van der Waals surface area contributed by atoms with Gasteiger partial charge in [0.2, 0.25) is 11.8 Å². The average molecular weight is 1170 g/mol. The molecular formula is C51H78Br2N8O11S. The van der Waals surface area contributed by atoms with Gasteiger partial charge < -0.3 is 51.2 Å². The fraction of sp³-hybridized carbons (Fsp3) is 0.647. The molecule has 1 saturated heterocycles. The number of carbonyl (C=O) groups is 7. The van der Waals surface area contributed by atoms with Crippen LogP contribution < -0.4 is 27.0 Å². The van der Waals surface area contributed by atoms with E-state index in [1.807, 2.05) is 34.7 Å². The third-order valence-electron chi connectivity index (χ3n) is 12.9. The number of halogens is 2. The maximum absolute atomic E-state index is 14.4. The van der Waals surface area contributed by atoms with E-state index in [1.165, 1.54) is 6.92 Å². The first-order valence-corrected chi connectivity index (χ1v) is 27.6. The number of nitrogens with two attached hydrogens (primary N) is 1. The number of Topliss-reactive ketones (excluding diaryl/α,β-unsaturated/α-hetero) is 1. The van der Waals surface area contributed by atoms with E-state index in [2.05, 4.69) is 63.0 Å². The number of ketones is 1. The number of amides is 5. The molecule has 0 spiro atoms. The van der Waals surface area contributed by atoms with Crippen molar-refractivity contribution < 1.29 is 52.9 Å². The monoisotopic (exact) mass is 1170 g/mol. The third kappa shape index (κ3) is 21.4. The molecule has 1 unspecified atom stereocenters. The highest BCUT2D eigenvalue weighted by atomic mass is 79.9. The molecule has 1 fully saturated rings.